The van der Waals surface area contributed by atoms with Gasteiger partial charge in [0.05, 0.1) is 12.7 Å². The van der Waals surface area contributed by atoms with Crippen LogP contribution in [0.5, 0.6) is 5.75 Å². The molecule has 1 saturated heterocycles. The minimum absolute atomic E-state index is 0.101. The Bertz CT molecular complexity index is 1150. The van der Waals surface area contributed by atoms with E-state index >= 15 is 0 Å². The third-order valence-corrected chi connectivity index (χ3v) is 3.78. The molecule has 5 nitrogen and oxygen atoms in total. The van der Waals surface area contributed by atoms with E-state index in [1.807, 2.05) is 0 Å². The summed E-state index contributed by atoms with van der Waals surface area (Å²) in [4.78, 5) is 25.2. The number of carbonyl (C=O) groups is 2. The monoisotopic (exact) mass is 377 g/mol. The van der Waals surface area contributed by atoms with Crippen LogP contribution in [0, 0.1) is 0 Å². The molecular weight excluding hydrogens is 342 g/mol. The first-order valence-corrected chi connectivity index (χ1v) is 8.18. The van der Waals surface area contributed by atoms with Crippen LogP contribution in [-0.2, 0) is 4.74 Å². The molecule has 0 bridgehead atoms. The second-order valence-electron chi connectivity index (χ2n) is 5.49. The van der Waals surface area contributed by atoms with Gasteiger partial charge >= 0.3 is 5.97 Å². The Balaban J connectivity index is 1.75. The SMILES string of the molecule is [2H]C1([2H])N(CCOc2ccc(C(=O)c3ccccc3C(=O)OC)cc2)C([2H])([2H])C([2H])([2H])C([2H])([2H])C1([2H])[2H]. The van der Waals surface area contributed by atoms with Crippen molar-refractivity contribution in [2.45, 2.75) is 19.1 Å². The van der Waals surface area contributed by atoms with Crippen molar-refractivity contribution in [1.82, 2.24) is 4.90 Å². The number of likely N-dealkylation sites (tertiary alicyclic amines) is 1. The molecule has 2 aromatic carbocycles. The summed E-state index contributed by atoms with van der Waals surface area (Å²) in [5.74, 6) is -0.901. The standard InChI is InChI=1S/C22H25NO4/c1-26-22(25)20-8-4-3-7-19(20)21(24)17-9-11-18(12-10-17)27-16-15-23-13-5-2-6-14-23/h3-4,7-12H,2,5-6,13-16H2,1H3/i2D2,5D2,6D2,13D2,14D2. The van der Waals surface area contributed by atoms with Gasteiger partial charge in [-0.25, -0.2) is 4.79 Å². The summed E-state index contributed by atoms with van der Waals surface area (Å²) in [5.41, 5.74) is 0.474. The summed E-state index contributed by atoms with van der Waals surface area (Å²) < 4.78 is 90.2. The third kappa shape index (κ3) is 4.95. The second-order valence-corrected chi connectivity index (χ2v) is 5.49. The highest BCUT2D eigenvalue weighted by atomic mass is 16.5. The summed E-state index contributed by atoms with van der Waals surface area (Å²) in [6.45, 7) is -7.43. The summed E-state index contributed by atoms with van der Waals surface area (Å²) in [6.07, 6.45) is -10.3. The largest absolute Gasteiger partial charge is 0.492 e. The Hall–Kier alpha value is -2.66. The lowest BCUT2D eigenvalue weighted by Gasteiger charge is -2.26. The first kappa shape index (κ1) is 10.0. The number of piperidine rings is 1. The molecule has 0 radical (unpaired) electrons. The smallest absolute Gasteiger partial charge is 0.338 e. The van der Waals surface area contributed by atoms with Crippen LogP contribution < -0.4 is 4.74 Å². The minimum atomic E-state index is -3.47. The molecule has 1 fully saturated rings. The number of benzene rings is 2. The van der Waals surface area contributed by atoms with Crippen LogP contribution in [0.4, 0.5) is 0 Å². The molecule has 0 atom stereocenters. The maximum Gasteiger partial charge on any atom is 0.338 e. The van der Waals surface area contributed by atoms with E-state index < -0.39 is 57.0 Å². The number of hydrogen-bond acceptors (Lipinski definition) is 5. The Labute approximate surface area is 173 Å². The van der Waals surface area contributed by atoms with Gasteiger partial charge in [-0.1, -0.05) is 24.6 Å². The summed E-state index contributed by atoms with van der Waals surface area (Å²) in [5, 5.41) is 0. The fraction of sp³-hybridized carbons (Fsp3) is 0.364. The number of carbonyl (C=O) groups excluding carboxylic acids is 2. The number of methoxy groups -OCH3 is 1. The molecule has 27 heavy (non-hydrogen) atoms. The minimum Gasteiger partial charge on any atom is -0.492 e. The predicted octanol–water partition coefficient (Wildman–Crippen LogP) is 3.57. The van der Waals surface area contributed by atoms with E-state index in [-0.39, 0.29) is 22.4 Å². The van der Waals surface area contributed by atoms with Gasteiger partial charge in [0.1, 0.15) is 12.4 Å². The van der Waals surface area contributed by atoms with Crippen LogP contribution in [0.3, 0.4) is 0 Å². The number of ketones is 1. The number of nitrogens with zero attached hydrogens (tertiary/aromatic N) is 1. The number of esters is 1. The Morgan fingerprint density at radius 1 is 1.00 bits per heavy atom. The zero-order valence-corrected chi connectivity index (χ0v) is 14.6. The van der Waals surface area contributed by atoms with E-state index in [0.29, 0.717) is 4.90 Å². The van der Waals surface area contributed by atoms with Crippen molar-refractivity contribution < 1.29 is 32.8 Å². The lowest BCUT2D eigenvalue weighted by atomic mass is 9.98. The quantitative estimate of drug-likeness (QED) is 0.545. The zero-order chi connectivity index (χ0) is 28.0. The molecule has 0 aromatic heterocycles. The second kappa shape index (κ2) is 9.33. The van der Waals surface area contributed by atoms with Crippen LogP contribution in [-0.4, -0.2) is 49.9 Å². The van der Waals surface area contributed by atoms with Gasteiger partial charge in [0.25, 0.3) is 0 Å². The topological polar surface area (TPSA) is 55.8 Å². The first-order chi connectivity index (χ1) is 16.9. The predicted molar refractivity (Wildman–Crippen MR) is 103 cm³/mol. The molecule has 142 valence electrons. The molecule has 0 amide bonds. The number of ether oxygens (including phenoxy) is 2. The Morgan fingerprint density at radius 3 is 2.33 bits per heavy atom. The molecule has 0 N–H and O–H groups in total. The third-order valence-electron chi connectivity index (χ3n) is 3.78. The average molecular weight is 378 g/mol. The van der Waals surface area contributed by atoms with Crippen LogP contribution in [0.2, 0.25) is 0 Å². The van der Waals surface area contributed by atoms with E-state index in [1.165, 1.54) is 43.5 Å². The van der Waals surface area contributed by atoms with Crippen molar-refractivity contribution in [3.63, 3.8) is 0 Å². The van der Waals surface area contributed by atoms with Gasteiger partial charge in [-0.3, -0.25) is 9.69 Å². The molecule has 0 unspecified atom stereocenters. The zero-order valence-electron chi connectivity index (χ0n) is 24.6. The molecule has 0 saturated carbocycles. The van der Waals surface area contributed by atoms with Gasteiger partial charge in [0.15, 0.2) is 5.78 Å². The first-order valence-electron chi connectivity index (χ1n) is 13.2. The van der Waals surface area contributed by atoms with Gasteiger partial charge in [-0.2, -0.15) is 0 Å². The van der Waals surface area contributed by atoms with Gasteiger partial charge in [0.2, 0.25) is 0 Å². The van der Waals surface area contributed by atoms with E-state index in [0.717, 1.165) is 0 Å². The average Bonchev–Trinajstić information content (AvgIpc) is 2.84. The van der Waals surface area contributed by atoms with Crippen molar-refractivity contribution >= 4 is 11.8 Å². The molecule has 1 aliphatic heterocycles. The highest BCUT2D eigenvalue weighted by molar-refractivity contribution is 6.14. The van der Waals surface area contributed by atoms with Gasteiger partial charge in [-0.15, -0.1) is 0 Å². The fourth-order valence-electron chi connectivity index (χ4n) is 2.44. The van der Waals surface area contributed by atoms with E-state index in [2.05, 4.69) is 0 Å². The molecule has 5 heteroatoms. The van der Waals surface area contributed by atoms with Crippen LogP contribution in [0.15, 0.2) is 48.5 Å². The van der Waals surface area contributed by atoms with Crippen molar-refractivity contribution in [3.05, 3.63) is 65.2 Å². The maximum atomic E-state index is 12.9. The number of hydrogen-bond donors (Lipinski definition) is 0. The highest BCUT2D eigenvalue weighted by Gasteiger charge is 2.18. The van der Waals surface area contributed by atoms with Crippen molar-refractivity contribution in [3.8, 4) is 5.75 Å². The summed E-state index contributed by atoms with van der Waals surface area (Å²) in [7, 11) is 1.20. The molecular formula is C22H25NO4. The van der Waals surface area contributed by atoms with E-state index in [9.17, 15) is 9.59 Å². The summed E-state index contributed by atoms with van der Waals surface area (Å²) in [6, 6.07) is 11.8. The van der Waals surface area contributed by atoms with E-state index in [4.69, 9.17) is 23.2 Å². The Kier molecular flexibility index (Phi) is 3.47. The van der Waals surface area contributed by atoms with E-state index in [1.54, 1.807) is 12.1 Å². The summed E-state index contributed by atoms with van der Waals surface area (Å²) >= 11 is 0. The highest BCUT2D eigenvalue weighted by Crippen LogP contribution is 2.19. The lowest BCUT2D eigenvalue weighted by Crippen LogP contribution is -2.33. The number of rotatable bonds is 7. The lowest BCUT2D eigenvalue weighted by molar-refractivity contribution is 0.0597. The van der Waals surface area contributed by atoms with Gasteiger partial charge in [-0.05, 0) is 56.1 Å². The Morgan fingerprint density at radius 2 is 1.67 bits per heavy atom. The fourth-order valence-corrected chi connectivity index (χ4v) is 2.44. The van der Waals surface area contributed by atoms with Crippen LogP contribution in [0.25, 0.3) is 0 Å². The molecule has 1 aliphatic rings. The van der Waals surface area contributed by atoms with Crippen molar-refractivity contribution in [2.24, 2.45) is 0 Å². The van der Waals surface area contributed by atoms with Gasteiger partial charge in [0, 0.05) is 31.4 Å². The molecule has 0 spiro atoms. The molecule has 1 heterocycles. The molecule has 2 aromatic rings. The van der Waals surface area contributed by atoms with Crippen LogP contribution >= 0.6 is 0 Å². The van der Waals surface area contributed by atoms with Crippen molar-refractivity contribution in [2.75, 3.05) is 33.3 Å². The molecule has 0 aliphatic carbocycles. The van der Waals surface area contributed by atoms with Crippen LogP contribution in [0.1, 0.15) is 59.1 Å². The van der Waals surface area contributed by atoms with Gasteiger partial charge < -0.3 is 9.47 Å². The maximum absolute atomic E-state index is 12.9. The van der Waals surface area contributed by atoms with Crippen molar-refractivity contribution in [1.29, 1.82) is 0 Å². The molecule has 3 rings (SSSR count). The normalized spacial score (nSPS) is 29.4.